The molecular formula is C20H16ClN5OS. The van der Waals surface area contributed by atoms with Gasteiger partial charge in [0.25, 0.3) is 0 Å². The Kier molecular flexibility index (Phi) is 5.27. The number of amides is 1. The van der Waals surface area contributed by atoms with E-state index in [1.165, 1.54) is 11.8 Å². The molecule has 0 saturated carbocycles. The van der Waals surface area contributed by atoms with Gasteiger partial charge in [0.05, 0.1) is 22.8 Å². The number of carbonyl (C=O) groups is 1. The third kappa shape index (κ3) is 4.00. The molecule has 1 aromatic carbocycles. The second-order valence-electron chi connectivity index (χ2n) is 6.04. The van der Waals surface area contributed by atoms with Crippen LogP contribution < -0.4 is 5.32 Å². The van der Waals surface area contributed by atoms with Crippen LogP contribution in [0.5, 0.6) is 0 Å². The Morgan fingerprint density at radius 2 is 1.96 bits per heavy atom. The summed E-state index contributed by atoms with van der Waals surface area (Å²) in [4.78, 5) is 25.6. The maximum atomic E-state index is 12.2. The van der Waals surface area contributed by atoms with Crippen LogP contribution in [0.3, 0.4) is 0 Å². The van der Waals surface area contributed by atoms with E-state index in [9.17, 15) is 4.79 Å². The van der Waals surface area contributed by atoms with Crippen LogP contribution in [-0.4, -0.2) is 31.0 Å². The molecule has 0 aliphatic heterocycles. The Hall–Kier alpha value is -2.90. The number of hydrogen-bond acceptors (Lipinski definition) is 5. The molecule has 3 heterocycles. The predicted octanol–water partition coefficient (Wildman–Crippen LogP) is 4.48. The molecule has 0 fully saturated rings. The molecule has 140 valence electrons. The van der Waals surface area contributed by atoms with E-state index in [1.54, 1.807) is 30.5 Å². The van der Waals surface area contributed by atoms with Crippen molar-refractivity contribution in [3.8, 4) is 11.4 Å². The summed E-state index contributed by atoms with van der Waals surface area (Å²) in [5, 5.41) is 3.99. The van der Waals surface area contributed by atoms with Crippen LogP contribution in [-0.2, 0) is 4.79 Å². The fourth-order valence-corrected chi connectivity index (χ4v) is 3.58. The number of fused-ring (bicyclic) bond motifs is 1. The van der Waals surface area contributed by atoms with Gasteiger partial charge in [0.15, 0.2) is 5.16 Å². The first-order chi connectivity index (χ1) is 13.6. The molecule has 4 aromatic rings. The van der Waals surface area contributed by atoms with E-state index in [0.717, 1.165) is 22.7 Å². The molecule has 0 aliphatic rings. The van der Waals surface area contributed by atoms with E-state index >= 15 is 0 Å². The number of thioether (sulfide) groups is 1. The summed E-state index contributed by atoms with van der Waals surface area (Å²) in [5.41, 5.74) is 4.15. The third-order valence-electron chi connectivity index (χ3n) is 4.04. The second kappa shape index (κ2) is 8.00. The molecule has 4 rings (SSSR count). The summed E-state index contributed by atoms with van der Waals surface area (Å²) >= 11 is 7.14. The van der Waals surface area contributed by atoms with Crippen molar-refractivity contribution in [2.24, 2.45) is 0 Å². The van der Waals surface area contributed by atoms with E-state index in [0.29, 0.717) is 15.9 Å². The largest absolute Gasteiger partial charge is 0.325 e. The zero-order valence-electron chi connectivity index (χ0n) is 15.0. The Morgan fingerprint density at radius 1 is 1.14 bits per heavy atom. The van der Waals surface area contributed by atoms with Gasteiger partial charge in [0, 0.05) is 23.1 Å². The SMILES string of the molecule is Cc1nc2ccccn2c1-c1ccnc(SCC(=O)Nc2ccc(Cl)cc2)n1. The molecule has 0 atom stereocenters. The van der Waals surface area contributed by atoms with Crippen molar-refractivity contribution in [2.75, 3.05) is 11.1 Å². The van der Waals surface area contributed by atoms with Gasteiger partial charge in [-0.2, -0.15) is 0 Å². The van der Waals surface area contributed by atoms with Crippen molar-refractivity contribution < 1.29 is 4.79 Å². The molecule has 6 nitrogen and oxygen atoms in total. The fraction of sp³-hybridized carbons (Fsp3) is 0.100. The molecule has 0 saturated heterocycles. The Morgan fingerprint density at radius 3 is 2.79 bits per heavy atom. The first-order valence-corrected chi connectivity index (χ1v) is 9.92. The molecule has 1 N–H and O–H groups in total. The molecule has 28 heavy (non-hydrogen) atoms. The molecule has 8 heteroatoms. The lowest BCUT2D eigenvalue weighted by molar-refractivity contribution is -0.113. The average Bonchev–Trinajstić information content (AvgIpc) is 3.04. The van der Waals surface area contributed by atoms with Crippen LogP contribution >= 0.6 is 23.4 Å². The number of benzene rings is 1. The van der Waals surface area contributed by atoms with E-state index in [-0.39, 0.29) is 11.7 Å². The highest BCUT2D eigenvalue weighted by molar-refractivity contribution is 7.99. The molecular weight excluding hydrogens is 394 g/mol. The topological polar surface area (TPSA) is 72.2 Å². The molecule has 0 unspecified atom stereocenters. The van der Waals surface area contributed by atoms with Crippen molar-refractivity contribution in [3.63, 3.8) is 0 Å². The minimum Gasteiger partial charge on any atom is -0.325 e. The van der Waals surface area contributed by atoms with Crippen molar-refractivity contribution in [2.45, 2.75) is 12.1 Å². The number of aryl methyl sites for hydroxylation is 1. The van der Waals surface area contributed by atoms with E-state index < -0.39 is 0 Å². The predicted molar refractivity (Wildman–Crippen MR) is 112 cm³/mol. The summed E-state index contributed by atoms with van der Waals surface area (Å²) < 4.78 is 2.00. The van der Waals surface area contributed by atoms with Gasteiger partial charge in [-0.1, -0.05) is 29.4 Å². The van der Waals surface area contributed by atoms with Crippen molar-refractivity contribution in [3.05, 3.63) is 71.6 Å². The van der Waals surface area contributed by atoms with Gasteiger partial charge in [0.2, 0.25) is 5.91 Å². The normalized spacial score (nSPS) is 10.9. The van der Waals surface area contributed by atoms with Crippen LogP contribution in [0.1, 0.15) is 5.69 Å². The van der Waals surface area contributed by atoms with Crippen LogP contribution in [0.2, 0.25) is 5.02 Å². The number of anilines is 1. The molecule has 0 bridgehead atoms. The van der Waals surface area contributed by atoms with E-state index in [1.807, 2.05) is 41.8 Å². The number of rotatable bonds is 5. The molecule has 1 amide bonds. The van der Waals surface area contributed by atoms with Gasteiger partial charge in [-0.05, 0) is 49.4 Å². The second-order valence-corrected chi connectivity index (χ2v) is 7.42. The molecule has 0 aliphatic carbocycles. The first-order valence-electron chi connectivity index (χ1n) is 8.55. The highest BCUT2D eigenvalue weighted by Gasteiger charge is 2.13. The van der Waals surface area contributed by atoms with Crippen molar-refractivity contribution in [1.82, 2.24) is 19.4 Å². The maximum absolute atomic E-state index is 12.2. The fourth-order valence-electron chi connectivity index (χ4n) is 2.82. The summed E-state index contributed by atoms with van der Waals surface area (Å²) in [6.45, 7) is 1.96. The molecule has 0 spiro atoms. The summed E-state index contributed by atoms with van der Waals surface area (Å²) in [6.07, 6.45) is 3.66. The maximum Gasteiger partial charge on any atom is 0.234 e. The zero-order valence-corrected chi connectivity index (χ0v) is 16.5. The minimum absolute atomic E-state index is 0.132. The minimum atomic E-state index is -0.132. The number of nitrogens with zero attached hydrogens (tertiary/aromatic N) is 4. The van der Waals surface area contributed by atoms with Crippen LogP contribution in [0, 0.1) is 6.92 Å². The first kappa shape index (κ1) is 18.5. The monoisotopic (exact) mass is 409 g/mol. The Labute approximate surface area is 171 Å². The van der Waals surface area contributed by atoms with E-state index in [4.69, 9.17) is 11.6 Å². The number of imidazole rings is 1. The van der Waals surface area contributed by atoms with Crippen molar-refractivity contribution in [1.29, 1.82) is 0 Å². The summed E-state index contributed by atoms with van der Waals surface area (Å²) in [5.74, 6) is 0.0744. The number of hydrogen-bond donors (Lipinski definition) is 1. The molecule has 3 aromatic heterocycles. The summed E-state index contributed by atoms with van der Waals surface area (Å²) in [7, 11) is 0. The number of pyridine rings is 1. The Bertz CT molecular complexity index is 1140. The smallest absolute Gasteiger partial charge is 0.234 e. The summed E-state index contributed by atoms with van der Waals surface area (Å²) in [6, 6.07) is 14.7. The van der Waals surface area contributed by atoms with Crippen molar-refractivity contribution >= 4 is 40.6 Å². The van der Waals surface area contributed by atoms with Gasteiger partial charge in [0.1, 0.15) is 5.65 Å². The van der Waals surface area contributed by atoms with Crippen LogP contribution in [0.4, 0.5) is 5.69 Å². The van der Waals surface area contributed by atoms with Gasteiger partial charge in [-0.15, -0.1) is 0 Å². The number of aromatic nitrogens is 4. The van der Waals surface area contributed by atoms with E-state index in [2.05, 4.69) is 20.3 Å². The lowest BCUT2D eigenvalue weighted by Crippen LogP contribution is -2.14. The highest BCUT2D eigenvalue weighted by Crippen LogP contribution is 2.24. The van der Waals surface area contributed by atoms with Crippen LogP contribution in [0.25, 0.3) is 17.0 Å². The quantitative estimate of drug-likeness (QED) is 0.388. The number of halogens is 1. The Balaban J connectivity index is 1.49. The van der Waals surface area contributed by atoms with Gasteiger partial charge in [-0.25, -0.2) is 15.0 Å². The lowest BCUT2D eigenvalue weighted by Gasteiger charge is -2.06. The number of nitrogens with one attached hydrogen (secondary N) is 1. The van der Waals surface area contributed by atoms with Gasteiger partial charge in [-0.3, -0.25) is 9.20 Å². The van der Waals surface area contributed by atoms with Gasteiger partial charge >= 0.3 is 0 Å². The molecule has 0 radical (unpaired) electrons. The lowest BCUT2D eigenvalue weighted by atomic mass is 10.2. The van der Waals surface area contributed by atoms with Crippen LogP contribution in [0.15, 0.2) is 66.1 Å². The highest BCUT2D eigenvalue weighted by atomic mass is 35.5. The van der Waals surface area contributed by atoms with Gasteiger partial charge < -0.3 is 5.32 Å². The zero-order chi connectivity index (χ0) is 19.5. The number of carbonyl (C=O) groups excluding carboxylic acids is 1. The standard InChI is InChI=1S/C20H16ClN5OS/c1-13-19(26-11-3-2-4-17(26)23-13)16-9-10-22-20(25-16)28-12-18(27)24-15-7-5-14(21)6-8-15/h2-11H,12H2,1H3,(H,24,27). The third-order valence-corrected chi connectivity index (χ3v) is 5.15. The average molecular weight is 410 g/mol.